The molecule has 32 heavy (non-hydrogen) atoms. The predicted octanol–water partition coefficient (Wildman–Crippen LogP) is 4.56. The summed E-state index contributed by atoms with van der Waals surface area (Å²) in [5, 5.41) is 8.56. The summed E-state index contributed by atoms with van der Waals surface area (Å²) >= 11 is 0. The van der Waals surface area contributed by atoms with Crippen molar-refractivity contribution >= 4 is 23.7 Å². The number of esters is 1. The molecule has 2 rings (SSSR count). The first-order chi connectivity index (χ1) is 15.3. The molecule has 0 saturated carbocycles. The van der Waals surface area contributed by atoms with Gasteiger partial charge in [0, 0.05) is 24.5 Å². The lowest BCUT2D eigenvalue weighted by Crippen LogP contribution is -2.48. The number of hydrogen-bond acceptors (Lipinski definition) is 4. The van der Waals surface area contributed by atoms with Crippen LogP contribution in [0, 0.1) is 5.92 Å². The maximum atomic E-state index is 13.0. The highest BCUT2D eigenvalue weighted by Gasteiger charge is 2.36. The van der Waals surface area contributed by atoms with E-state index in [0.717, 1.165) is 19.3 Å². The van der Waals surface area contributed by atoms with Gasteiger partial charge in [-0.05, 0) is 43.4 Å². The fourth-order valence-electron chi connectivity index (χ4n) is 3.46. The third-order valence-corrected chi connectivity index (χ3v) is 5.10. The van der Waals surface area contributed by atoms with Gasteiger partial charge in [-0.3, -0.25) is 4.90 Å². The van der Waals surface area contributed by atoms with E-state index in [2.05, 4.69) is 22.9 Å². The van der Waals surface area contributed by atoms with E-state index >= 15 is 0 Å². The van der Waals surface area contributed by atoms with Gasteiger partial charge in [0.2, 0.25) is 0 Å². The highest BCUT2D eigenvalue weighted by Crippen LogP contribution is 2.32. The van der Waals surface area contributed by atoms with Gasteiger partial charge in [-0.25, -0.2) is 14.4 Å². The zero-order chi connectivity index (χ0) is 23.7. The summed E-state index contributed by atoms with van der Waals surface area (Å²) in [5.41, 5.74) is 2.26. The minimum atomic E-state index is -0.667. The van der Waals surface area contributed by atoms with E-state index in [-0.39, 0.29) is 18.0 Å². The van der Waals surface area contributed by atoms with Gasteiger partial charge in [-0.2, -0.15) is 0 Å². The highest BCUT2D eigenvalue weighted by molar-refractivity contribution is 5.95. The Bertz CT molecular complexity index is 850. The zero-order valence-electron chi connectivity index (χ0n) is 19.8. The molecular formula is C24H36N4O4. The van der Waals surface area contributed by atoms with Gasteiger partial charge in [-0.1, -0.05) is 46.2 Å². The lowest BCUT2D eigenvalue weighted by atomic mass is 9.94. The molecule has 3 N–H and O–H groups in total. The predicted molar refractivity (Wildman–Crippen MR) is 125 cm³/mol. The van der Waals surface area contributed by atoms with Crippen LogP contribution in [-0.4, -0.2) is 42.6 Å². The molecular weight excluding hydrogens is 408 g/mol. The van der Waals surface area contributed by atoms with Crippen molar-refractivity contribution in [2.45, 2.75) is 59.9 Å². The first-order valence-corrected chi connectivity index (χ1v) is 11.4. The standard InChI is InChI=1S/C24H36N4O4/c1-6-8-12-25-23(30)26-19-11-9-10-18(14-19)21-20(22(29)32-15-16(3)4)17(5)28(13-7-2)24(31)27-21/h9-11,14,16,21H,6-8,12-13,15H2,1-5H3,(H,27,31)(H2,25,26,30). The van der Waals surface area contributed by atoms with E-state index in [9.17, 15) is 14.4 Å². The smallest absolute Gasteiger partial charge is 0.338 e. The Hall–Kier alpha value is -3.03. The number of rotatable bonds is 10. The van der Waals surface area contributed by atoms with Crippen molar-refractivity contribution in [3.05, 3.63) is 41.1 Å². The van der Waals surface area contributed by atoms with Gasteiger partial charge in [0.25, 0.3) is 0 Å². The monoisotopic (exact) mass is 444 g/mol. The topological polar surface area (TPSA) is 99.8 Å². The van der Waals surface area contributed by atoms with Gasteiger partial charge < -0.3 is 20.7 Å². The SMILES string of the molecule is CCCCNC(=O)Nc1cccc(C2NC(=O)N(CCC)C(C)=C2C(=O)OCC(C)C)c1. The van der Waals surface area contributed by atoms with Gasteiger partial charge in [0.15, 0.2) is 0 Å². The molecule has 4 amide bonds. The Morgan fingerprint density at radius 2 is 1.97 bits per heavy atom. The fourth-order valence-corrected chi connectivity index (χ4v) is 3.46. The normalized spacial score (nSPS) is 16.1. The molecule has 0 aliphatic carbocycles. The Kier molecular flexibility index (Phi) is 9.56. The third-order valence-electron chi connectivity index (χ3n) is 5.10. The molecule has 0 fully saturated rings. The van der Waals surface area contributed by atoms with E-state index in [1.54, 1.807) is 30.0 Å². The number of anilines is 1. The quantitative estimate of drug-likeness (QED) is 0.364. The molecule has 1 atom stereocenters. The van der Waals surface area contributed by atoms with Crippen LogP contribution in [-0.2, 0) is 9.53 Å². The van der Waals surface area contributed by atoms with Crippen molar-refractivity contribution in [3.63, 3.8) is 0 Å². The third kappa shape index (κ3) is 6.73. The second-order valence-electron chi connectivity index (χ2n) is 8.39. The zero-order valence-corrected chi connectivity index (χ0v) is 19.8. The molecule has 1 aliphatic rings. The first-order valence-electron chi connectivity index (χ1n) is 11.4. The molecule has 0 radical (unpaired) electrons. The molecule has 1 aliphatic heterocycles. The second-order valence-corrected chi connectivity index (χ2v) is 8.39. The van der Waals surface area contributed by atoms with Crippen molar-refractivity contribution in [1.29, 1.82) is 0 Å². The van der Waals surface area contributed by atoms with Crippen molar-refractivity contribution in [2.24, 2.45) is 5.92 Å². The summed E-state index contributed by atoms with van der Waals surface area (Å²) < 4.78 is 5.52. The number of urea groups is 2. The molecule has 176 valence electrons. The molecule has 0 saturated heterocycles. The van der Waals surface area contributed by atoms with Gasteiger partial charge in [-0.15, -0.1) is 0 Å². The molecule has 0 bridgehead atoms. The minimum Gasteiger partial charge on any atom is -0.462 e. The molecule has 1 aromatic rings. The number of carbonyl (C=O) groups excluding carboxylic acids is 3. The summed E-state index contributed by atoms with van der Waals surface area (Å²) in [6.45, 7) is 11.1. The van der Waals surface area contributed by atoms with Crippen LogP contribution in [0.25, 0.3) is 0 Å². The number of carbonyl (C=O) groups is 3. The molecule has 0 spiro atoms. The molecule has 0 aromatic heterocycles. The molecule has 1 unspecified atom stereocenters. The van der Waals surface area contributed by atoms with Crippen molar-refractivity contribution < 1.29 is 19.1 Å². The number of ether oxygens (including phenoxy) is 1. The molecule has 1 aromatic carbocycles. The Labute approximate surface area is 190 Å². The van der Waals surface area contributed by atoms with Crippen LogP contribution in [0.5, 0.6) is 0 Å². The van der Waals surface area contributed by atoms with Crippen molar-refractivity contribution in [2.75, 3.05) is 25.0 Å². The molecule has 8 heteroatoms. The number of nitrogens with zero attached hydrogens (tertiary/aromatic N) is 1. The summed E-state index contributed by atoms with van der Waals surface area (Å²) in [4.78, 5) is 39.5. The lowest BCUT2D eigenvalue weighted by molar-refractivity contribution is -0.140. The number of nitrogens with one attached hydrogen (secondary N) is 3. The van der Waals surface area contributed by atoms with E-state index < -0.39 is 12.0 Å². The number of hydrogen-bond donors (Lipinski definition) is 3. The molecule has 1 heterocycles. The Balaban J connectivity index is 2.33. The Morgan fingerprint density at radius 3 is 2.62 bits per heavy atom. The number of benzene rings is 1. The van der Waals surface area contributed by atoms with Crippen molar-refractivity contribution in [1.82, 2.24) is 15.5 Å². The van der Waals surface area contributed by atoms with Crippen LogP contribution in [0.4, 0.5) is 15.3 Å². The summed E-state index contributed by atoms with van der Waals surface area (Å²) in [6.07, 6.45) is 2.66. The minimum absolute atomic E-state index is 0.196. The fraction of sp³-hybridized carbons (Fsp3) is 0.542. The number of allylic oxidation sites excluding steroid dienone is 1. The summed E-state index contributed by atoms with van der Waals surface area (Å²) in [6, 6.07) is 5.93. The van der Waals surface area contributed by atoms with E-state index in [4.69, 9.17) is 4.74 Å². The Morgan fingerprint density at radius 1 is 1.22 bits per heavy atom. The van der Waals surface area contributed by atoms with E-state index in [0.29, 0.717) is 42.2 Å². The average molecular weight is 445 g/mol. The van der Waals surface area contributed by atoms with Crippen LogP contribution >= 0.6 is 0 Å². The van der Waals surface area contributed by atoms with Crippen LogP contribution in [0.1, 0.15) is 65.5 Å². The van der Waals surface area contributed by atoms with Crippen LogP contribution < -0.4 is 16.0 Å². The second kappa shape index (κ2) is 12.1. The number of unbranched alkanes of at least 4 members (excludes halogenated alkanes) is 1. The summed E-state index contributed by atoms with van der Waals surface area (Å²) in [7, 11) is 0. The van der Waals surface area contributed by atoms with E-state index in [1.807, 2.05) is 26.8 Å². The van der Waals surface area contributed by atoms with E-state index in [1.165, 1.54) is 0 Å². The van der Waals surface area contributed by atoms with Crippen LogP contribution in [0.15, 0.2) is 35.5 Å². The highest BCUT2D eigenvalue weighted by atomic mass is 16.5. The number of amides is 4. The summed E-state index contributed by atoms with van der Waals surface area (Å²) in [5.74, 6) is -0.250. The van der Waals surface area contributed by atoms with Gasteiger partial charge >= 0.3 is 18.0 Å². The van der Waals surface area contributed by atoms with Gasteiger partial charge in [0.05, 0.1) is 18.2 Å². The van der Waals surface area contributed by atoms with Crippen LogP contribution in [0.3, 0.4) is 0 Å². The average Bonchev–Trinajstić information content (AvgIpc) is 2.75. The van der Waals surface area contributed by atoms with Gasteiger partial charge in [0.1, 0.15) is 0 Å². The first kappa shape index (κ1) is 25.2. The van der Waals surface area contributed by atoms with Crippen molar-refractivity contribution in [3.8, 4) is 0 Å². The lowest BCUT2D eigenvalue weighted by Gasteiger charge is -2.35. The molecule has 8 nitrogen and oxygen atoms in total. The maximum Gasteiger partial charge on any atom is 0.338 e. The van der Waals surface area contributed by atoms with Crippen LogP contribution in [0.2, 0.25) is 0 Å². The largest absolute Gasteiger partial charge is 0.462 e. The maximum absolute atomic E-state index is 13.0.